The first-order valence-corrected chi connectivity index (χ1v) is 9.99. The zero-order valence-corrected chi connectivity index (χ0v) is 17.2. The van der Waals surface area contributed by atoms with Crippen LogP contribution in [0.2, 0.25) is 0 Å². The summed E-state index contributed by atoms with van der Waals surface area (Å²) in [5.74, 6) is 0.0775. The first-order valence-electron chi connectivity index (χ1n) is 9.99. The van der Waals surface area contributed by atoms with Crippen LogP contribution in [-0.4, -0.2) is 30.7 Å². The Kier molecular flexibility index (Phi) is 4.79. The summed E-state index contributed by atoms with van der Waals surface area (Å²) in [6.45, 7) is 1.71. The van der Waals surface area contributed by atoms with Crippen molar-refractivity contribution < 1.29 is 14.7 Å². The van der Waals surface area contributed by atoms with E-state index in [0.717, 1.165) is 32.9 Å². The van der Waals surface area contributed by atoms with Crippen molar-refractivity contribution in [3.8, 4) is 22.5 Å². The van der Waals surface area contributed by atoms with Crippen molar-refractivity contribution in [2.75, 3.05) is 5.32 Å². The Morgan fingerprint density at radius 1 is 1.00 bits per heavy atom. The lowest BCUT2D eigenvalue weighted by Crippen LogP contribution is -2.33. The van der Waals surface area contributed by atoms with Crippen molar-refractivity contribution in [2.45, 2.75) is 6.92 Å². The number of rotatable bonds is 4. The fourth-order valence-corrected chi connectivity index (χ4v) is 3.53. The topological polar surface area (TPSA) is 96.3 Å². The van der Waals surface area contributed by atoms with Crippen molar-refractivity contribution in [2.24, 2.45) is 0 Å². The van der Waals surface area contributed by atoms with Crippen molar-refractivity contribution in [3.63, 3.8) is 0 Å². The first-order chi connectivity index (χ1) is 15.6. The molecule has 0 spiro atoms. The molecule has 156 valence electrons. The SMILES string of the molecule is Cc1cc(C(=O)Nc2cc(-c3c(-c4ccccc4)nc4cccnn34)ccn2)cc[n+]1O. The Labute approximate surface area is 183 Å². The second-order valence-electron chi connectivity index (χ2n) is 7.25. The van der Waals surface area contributed by atoms with Gasteiger partial charge in [-0.25, -0.2) is 14.5 Å². The molecule has 8 heteroatoms. The minimum atomic E-state index is -0.321. The highest BCUT2D eigenvalue weighted by atomic mass is 16.5. The highest BCUT2D eigenvalue weighted by Gasteiger charge is 2.18. The molecule has 5 rings (SSSR count). The summed E-state index contributed by atoms with van der Waals surface area (Å²) >= 11 is 0. The van der Waals surface area contributed by atoms with Gasteiger partial charge in [-0.15, -0.1) is 0 Å². The molecule has 0 fully saturated rings. The summed E-state index contributed by atoms with van der Waals surface area (Å²) < 4.78 is 2.74. The monoisotopic (exact) mass is 423 g/mol. The van der Waals surface area contributed by atoms with Gasteiger partial charge in [-0.3, -0.25) is 10.0 Å². The maximum atomic E-state index is 12.7. The van der Waals surface area contributed by atoms with Crippen LogP contribution in [0, 0.1) is 6.92 Å². The molecule has 0 unspecified atom stereocenters. The molecule has 1 aromatic carbocycles. The number of carbonyl (C=O) groups is 1. The lowest BCUT2D eigenvalue weighted by atomic mass is 10.1. The van der Waals surface area contributed by atoms with Crippen LogP contribution in [0.15, 0.2) is 85.3 Å². The number of anilines is 1. The summed E-state index contributed by atoms with van der Waals surface area (Å²) in [6, 6.07) is 20.4. The van der Waals surface area contributed by atoms with Crippen LogP contribution in [0.1, 0.15) is 16.1 Å². The number of carbonyl (C=O) groups excluding carboxylic acids is 1. The standard InChI is InChI=1S/C24H18N6O2/c1-16-14-19(10-13-29(16)32)24(31)27-20-15-18(9-12-25-20)23-22(17-6-3-2-4-7-17)28-21-8-5-11-26-30(21)23/h2-15H,1H3,(H-,25,27,31,32)/p+1. The van der Waals surface area contributed by atoms with Gasteiger partial charge in [-0.05, 0) is 24.3 Å². The minimum absolute atomic E-state index is 0.321. The molecule has 2 N–H and O–H groups in total. The van der Waals surface area contributed by atoms with Crippen molar-refractivity contribution >= 4 is 17.4 Å². The number of aryl methyl sites for hydroxylation is 1. The van der Waals surface area contributed by atoms with E-state index in [9.17, 15) is 10.0 Å². The molecule has 4 aromatic heterocycles. The average molecular weight is 423 g/mol. The van der Waals surface area contributed by atoms with Gasteiger partial charge in [-0.1, -0.05) is 30.3 Å². The summed E-state index contributed by atoms with van der Waals surface area (Å²) in [5.41, 5.74) is 5.07. The Morgan fingerprint density at radius 3 is 2.66 bits per heavy atom. The second-order valence-corrected chi connectivity index (χ2v) is 7.25. The molecule has 0 radical (unpaired) electrons. The van der Waals surface area contributed by atoms with Crippen LogP contribution >= 0.6 is 0 Å². The summed E-state index contributed by atoms with van der Waals surface area (Å²) in [5, 5.41) is 16.9. The molecule has 0 saturated carbocycles. The van der Waals surface area contributed by atoms with E-state index in [1.165, 1.54) is 12.3 Å². The highest BCUT2D eigenvalue weighted by Crippen LogP contribution is 2.32. The Bertz CT molecular complexity index is 1450. The van der Waals surface area contributed by atoms with Gasteiger partial charge in [0.2, 0.25) is 11.9 Å². The van der Waals surface area contributed by atoms with Crippen molar-refractivity contribution in [1.82, 2.24) is 19.6 Å². The van der Waals surface area contributed by atoms with Crippen molar-refractivity contribution in [1.29, 1.82) is 0 Å². The Morgan fingerprint density at radius 2 is 1.84 bits per heavy atom. The molecule has 0 aliphatic heterocycles. The maximum absolute atomic E-state index is 12.7. The van der Waals surface area contributed by atoms with Crippen LogP contribution in [-0.2, 0) is 0 Å². The van der Waals surface area contributed by atoms with E-state index >= 15 is 0 Å². The largest absolute Gasteiger partial charge is 0.307 e. The summed E-state index contributed by atoms with van der Waals surface area (Å²) in [7, 11) is 0. The number of aromatic nitrogens is 5. The van der Waals surface area contributed by atoms with Gasteiger partial charge in [0.05, 0.1) is 11.3 Å². The van der Waals surface area contributed by atoms with E-state index in [1.54, 1.807) is 36.0 Å². The minimum Gasteiger partial charge on any atom is -0.307 e. The first kappa shape index (κ1) is 19.4. The zero-order chi connectivity index (χ0) is 22.1. The summed E-state index contributed by atoms with van der Waals surface area (Å²) in [4.78, 5) is 21.8. The second kappa shape index (κ2) is 7.92. The van der Waals surface area contributed by atoms with E-state index in [0.29, 0.717) is 17.1 Å². The highest BCUT2D eigenvalue weighted by molar-refractivity contribution is 6.04. The third kappa shape index (κ3) is 3.54. The quantitative estimate of drug-likeness (QED) is 0.340. The molecule has 0 aliphatic rings. The molecule has 0 saturated heterocycles. The van der Waals surface area contributed by atoms with Gasteiger partial charge in [0.25, 0.3) is 5.91 Å². The number of imidazole rings is 1. The number of fused-ring (bicyclic) bond motifs is 1. The predicted octanol–water partition coefficient (Wildman–Crippen LogP) is 3.54. The van der Waals surface area contributed by atoms with E-state index in [1.807, 2.05) is 48.5 Å². The smallest absolute Gasteiger partial charge is 0.257 e. The molecule has 8 nitrogen and oxygen atoms in total. The van der Waals surface area contributed by atoms with Gasteiger partial charge >= 0.3 is 0 Å². The Hall–Kier alpha value is -4.59. The van der Waals surface area contributed by atoms with Crippen LogP contribution in [0.25, 0.3) is 28.2 Å². The Balaban J connectivity index is 1.56. The normalized spacial score (nSPS) is 10.9. The van der Waals surface area contributed by atoms with E-state index in [4.69, 9.17) is 4.98 Å². The average Bonchev–Trinajstić information content (AvgIpc) is 3.21. The van der Waals surface area contributed by atoms with E-state index in [-0.39, 0.29) is 5.91 Å². The zero-order valence-electron chi connectivity index (χ0n) is 17.2. The lowest BCUT2D eigenvalue weighted by Gasteiger charge is -2.08. The molecular weight excluding hydrogens is 404 g/mol. The molecule has 0 bridgehead atoms. The molecule has 4 heterocycles. The summed E-state index contributed by atoms with van der Waals surface area (Å²) in [6.07, 6.45) is 4.77. The number of nitrogens with one attached hydrogen (secondary N) is 1. The van der Waals surface area contributed by atoms with Gasteiger partial charge in [0.1, 0.15) is 11.5 Å². The fraction of sp³-hybridized carbons (Fsp3) is 0.0417. The molecule has 32 heavy (non-hydrogen) atoms. The predicted molar refractivity (Wildman–Crippen MR) is 118 cm³/mol. The molecular formula is C24H19N6O2+. The third-order valence-electron chi connectivity index (χ3n) is 5.10. The third-order valence-corrected chi connectivity index (χ3v) is 5.10. The molecule has 0 atom stereocenters. The van der Waals surface area contributed by atoms with E-state index in [2.05, 4.69) is 15.4 Å². The van der Waals surface area contributed by atoms with Crippen LogP contribution < -0.4 is 10.0 Å². The van der Waals surface area contributed by atoms with Gasteiger partial charge in [0.15, 0.2) is 5.65 Å². The van der Waals surface area contributed by atoms with Gasteiger partial charge in [0, 0.05) is 47.3 Å². The number of hydrogen-bond acceptors (Lipinski definition) is 5. The van der Waals surface area contributed by atoms with Crippen LogP contribution in [0.4, 0.5) is 5.82 Å². The van der Waals surface area contributed by atoms with Crippen molar-refractivity contribution in [3.05, 3.63) is 96.6 Å². The lowest BCUT2D eigenvalue weighted by molar-refractivity contribution is -0.908. The molecule has 0 aliphatic carbocycles. The number of amides is 1. The fourth-order valence-electron chi connectivity index (χ4n) is 3.53. The van der Waals surface area contributed by atoms with E-state index < -0.39 is 0 Å². The maximum Gasteiger partial charge on any atom is 0.257 e. The van der Waals surface area contributed by atoms with Gasteiger partial charge < -0.3 is 5.32 Å². The van der Waals surface area contributed by atoms with Crippen LogP contribution in [0.3, 0.4) is 0 Å². The molecule has 5 aromatic rings. The number of nitrogens with zero attached hydrogens (tertiary/aromatic N) is 5. The number of benzene rings is 1. The van der Waals surface area contributed by atoms with Gasteiger partial charge in [-0.2, -0.15) is 5.10 Å². The van der Waals surface area contributed by atoms with Crippen LogP contribution in [0.5, 0.6) is 0 Å². The number of hydrogen-bond donors (Lipinski definition) is 2. The molecule has 1 amide bonds. The number of pyridine rings is 2.